The third-order valence-electron chi connectivity index (χ3n) is 3.67. The van der Waals surface area contributed by atoms with Crippen LogP contribution >= 0.6 is 22.9 Å². The Labute approximate surface area is 160 Å². The molecule has 0 aliphatic carbocycles. The van der Waals surface area contributed by atoms with Crippen molar-refractivity contribution in [3.8, 4) is 0 Å². The number of halogens is 1. The van der Waals surface area contributed by atoms with Crippen molar-refractivity contribution in [2.75, 3.05) is 18.9 Å². The van der Waals surface area contributed by atoms with Crippen LogP contribution in [0.25, 0.3) is 10.2 Å². The molecule has 9 heteroatoms. The number of sulfonamides is 1. The predicted octanol–water partition coefficient (Wildman–Crippen LogP) is 3.52. The van der Waals surface area contributed by atoms with E-state index in [1.165, 1.54) is 24.5 Å². The van der Waals surface area contributed by atoms with Crippen LogP contribution in [0.3, 0.4) is 0 Å². The van der Waals surface area contributed by atoms with Crippen molar-refractivity contribution in [3.05, 3.63) is 52.5 Å². The molecular weight excluding hydrogens is 394 g/mol. The number of amides is 1. The van der Waals surface area contributed by atoms with Crippen molar-refractivity contribution in [2.45, 2.75) is 11.8 Å². The van der Waals surface area contributed by atoms with Crippen molar-refractivity contribution < 1.29 is 13.2 Å². The second-order valence-electron chi connectivity index (χ2n) is 5.68. The van der Waals surface area contributed by atoms with Gasteiger partial charge in [0, 0.05) is 17.8 Å². The van der Waals surface area contributed by atoms with E-state index in [9.17, 15) is 13.2 Å². The van der Waals surface area contributed by atoms with E-state index >= 15 is 0 Å². The molecule has 2 aromatic carbocycles. The van der Waals surface area contributed by atoms with Crippen LogP contribution in [0, 0.1) is 6.92 Å². The Hall–Kier alpha value is -2.00. The number of benzene rings is 2. The highest BCUT2D eigenvalue weighted by molar-refractivity contribution is 7.89. The summed E-state index contributed by atoms with van der Waals surface area (Å²) in [5.74, 6) is -0.437. The first-order chi connectivity index (χ1) is 12.3. The summed E-state index contributed by atoms with van der Waals surface area (Å²) in [5, 5.41) is 4.06. The topological polar surface area (TPSA) is 79.4 Å². The minimum Gasteiger partial charge on any atom is -0.325 e. The standard InChI is InChI=1S/C17H16ClN3O3S2/c1-11-19-15-8-7-14(9-16(15)25-11)26(23,24)21(2)10-17(22)20-13-5-3-12(18)4-6-13/h3-9H,10H2,1-2H3,(H,20,22). The fraction of sp³-hybridized carbons (Fsp3) is 0.176. The smallest absolute Gasteiger partial charge is 0.243 e. The lowest BCUT2D eigenvalue weighted by atomic mass is 10.3. The largest absolute Gasteiger partial charge is 0.325 e. The van der Waals surface area contributed by atoms with Gasteiger partial charge in [-0.25, -0.2) is 13.4 Å². The average Bonchev–Trinajstić information content (AvgIpc) is 2.95. The van der Waals surface area contributed by atoms with Crippen LogP contribution in [0.4, 0.5) is 5.69 Å². The van der Waals surface area contributed by atoms with Gasteiger partial charge in [-0.05, 0) is 49.4 Å². The van der Waals surface area contributed by atoms with E-state index in [4.69, 9.17) is 11.6 Å². The first-order valence-corrected chi connectivity index (χ1v) is 10.3. The van der Waals surface area contributed by atoms with Gasteiger partial charge in [0.2, 0.25) is 15.9 Å². The zero-order chi connectivity index (χ0) is 18.9. The summed E-state index contributed by atoms with van der Waals surface area (Å²) in [6, 6.07) is 11.3. The lowest BCUT2D eigenvalue weighted by Gasteiger charge is -2.17. The molecule has 26 heavy (non-hydrogen) atoms. The molecule has 1 heterocycles. The molecule has 3 rings (SSSR count). The number of aromatic nitrogens is 1. The van der Waals surface area contributed by atoms with Crippen molar-refractivity contribution in [3.63, 3.8) is 0 Å². The van der Waals surface area contributed by atoms with E-state index in [1.807, 2.05) is 6.92 Å². The van der Waals surface area contributed by atoms with Crippen LogP contribution in [-0.4, -0.2) is 37.2 Å². The number of nitrogens with zero attached hydrogens (tertiary/aromatic N) is 2. The van der Waals surface area contributed by atoms with E-state index in [-0.39, 0.29) is 11.4 Å². The molecule has 0 fully saturated rings. The Balaban J connectivity index is 1.74. The number of rotatable bonds is 5. The van der Waals surface area contributed by atoms with Gasteiger partial charge < -0.3 is 5.32 Å². The van der Waals surface area contributed by atoms with Crippen LogP contribution in [0.1, 0.15) is 5.01 Å². The summed E-state index contributed by atoms with van der Waals surface area (Å²) in [6.45, 7) is 1.57. The van der Waals surface area contributed by atoms with E-state index in [1.54, 1.807) is 36.4 Å². The highest BCUT2D eigenvalue weighted by Gasteiger charge is 2.23. The van der Waals surface area contributed by atoms with Crippen LogP contribution in [0.15, 0.2) is 47.4 Å². The number of thiazole rings is 1. The number of carbonyl (C=O) groups excluding carboxylic acids is 1. The van der Waals surface area contributed by atoms with E-state index in [0.717, 1.165) is 19.5 Å². The summed E-state index contributed by atoms with van der Waals surface area (Å²) in [4.78, 5) is 16.6. The zero-order valence-corrected chi connectivity index (χ0v) is 16.5. The summed E-state index contributed by atoms with van der Waals surface area (Å²) < 4.78 is 27.3. The number of likely N-dealkylation sites (N-methyl/N-ethyl adjacent to an activating group) is 1. The van der Waals surface area contributed by atoms with E-state index in [0.29, 0.717) is 10.7 Å². The summed E-state index contributed by atoms with van der Waals surface area (Å²) >= 11 is 7.23. The second-order valence-corrected chi connectivity index (χ2v) is 9.39. The van der Waals surface area contributed by atoms with Crippen molar-refractivity contribution >= 4 is 54.8 Å². The third-order valence-corrected chi connectivity index (χ3v) is 6.65. The number of aryl methyl sites for hydroxylation is 1. The Kier molecular flexibility index (Phi) is 5.29. The average molecular weight is 410 g/mol. The quantitative estimate of drug-likeness (QED) is 0.699. The van der Waals surface area contributed by atoms with Crippen molar-refractivity contribution in [1.29, 1.82) is 0 Å². The molecule has 0 aliphatic heterocycles. The molecule has 1 amide bonds. The van der Waals surface area contributed by atoms with Crippen molar-refractivity contribution in [2.24, 2.45) is 0 Å². The van der Waals surface area contributed by atoms with Crippen LogP contribution < -0.4 is 5.32 Å². The maximum absolute atomic E-state index is 12.7. The Bertz CT molecular complexity index is 1060. The number of hydrogen-bond donors (Lipinski definition) is 1. The lowest BCUT2D eigenvalue weighted by molar-refractivity contribution is -0.116. The van der Waals surface area contributed by atoms with Gasteiger partial charge in [0.25, 0.3) is 0 Å². The molecule has 0 saturated heterocycles. The molecule has 136 valence electrons. The Morgan fingerprint density at radius 1 is 1.23 bits per heavy atom. The molecule has 0 atom stereocenters. The monoisotopic (exact) mass is 409 g/mol. The molecule has 6 nitrogen and oxygen atoms in total. The number of fused-ring (bicyclic) bond motifs is 1. The SMILES string of the molecule is Cc1nc2ccc(S(=O)(=O)N(C)CC(=O)Nc3ccc(Cl)cc3)cc2s1. The van der Waals surface area contributed by atoms with Gasteiger partial charge in [0.15, 0.2) is 0 Å². The fourth-order valence-electron chi connectivity index (χ4n) is 2.38. The molecule has 0 aliphatic rings. The normalized spacial score (nSPS) is 11.8. The highest BCUT2D eigenvalue weighted by Crippen LogP contribution is 2.25. The first kappa shape index (κ1) is 18.8. The number of carbonyl (C=O) groups is 1. The summed E-state index contributed by atoms with van der Waals surface area (Å²) in [7, 11) is -2.41. The number of anilines is 1. The minimum absolute atomic E-state index is 0.135. The van der Waals surface area contributed by atoms with Crippen LogP contribution in [-0.2, 0) is 14.8 Å². The number of nitrogens with one attached hydrogen (secondary N) is 1. The van der Waals surface area contributed by atoms with E-state index in [2.05, 4.69) is 10.3 Å². The third kappa shape index (κ3) is 4.04. The highest BCUT2D eigenvalue weighted by atomic mass is 35.5. The van der Waals surface area contributed by atoms with Gasteiger partial charge in [-0.2, -0.15) is 4.31 Å². The molecule has 1 aromatic heterocycles. The minimum atomic E-state index is -3.78. The molecule has 0 saturated carbocycles. The van der Waals surface area contributed by atoms with Gasteiger partial charge in [0.05, 0.1) is 26.7 Å². The molecule has 3 aromatic rings. The molecule has 0 spiro atoms. The molecule has 0 bridgehead atoms. The summed E-state index contributed by atoms with van der Waals surface area (Å²) in [5.41, 5.74) is 1.31. The van der Waals surface area contributed by atoms with E-state index < -0.39 is 15.9 Å². The van der Waals surface area contributed by atoms with Gasteiger partial charge >= 0.3 is 0 Å². The van der Waals surface area contributed by atoms with Gasteiger partial charge in [-0.15, -0.1) is 11.3 Å². The summed E-state index contributed by atoms with van der Waals surface area (Å²) in [6.07, 6.45) is 0. The van der Waals surface area contributed by atoms with Gasteiger partial charge in [-0.1, -0.05) is 11.6 Å². The fourth-order valence-corrected chi connectivity index (χ4v) is 4.60. The molecular formula is C17H16ClN3O3S2. The first-order valence-electron chi connectivity index (χ1n) is 7.64. The molecule has 0 unspecified atom stereocenters. The zero-order valence-electron chi connectivity index (χ0n) is 14.1. The maximum Gasteiger partial charge on any atom is 0.243 e. The maximum atomic E-state index is 12.7. The Morgan fingerprint density at radius 3 is 2.62 bits per heavy atom. The number of hydrogen-bond acceptors (Lipinski definition) is 5. The Morgan fingerprint density at radius 2 is 1.92 bits per heavy atom. The van der Waals surface area contributed by atoms with Gasteiger partial charge in [0.1, 0.15) is 0 Å². The predicted molar refractivity (Wildman–Crippen MR) is 104 cm³/mol. The molecule has 1 N–H and O–H groups in total. The van der Waals surface area contributed by atoms with Crippen LogP contribution in [0.2, 0.25) is 5.02 Å². The second kappa shape index (κ2) is 7.32. The molecule has 0 radical (unpaired) electrons. The van der Waals surface area contributed by atoms with Gasteiger partial charge in [-0.3, -0.25) is 4.79 Å². The lowest BCUT2D eigenvalue weighted by Crippen LogP contribution is -2.34. The van der Waals surface area contributed by atoms with Crippen LogP contribution in [0.5, 0.6) is 0 Å². The van der Waals surface area contributed by atoms with Crippen molar-refractivity contribution in [1.82, 2.24) is 9.29 Å².